The highest BCUT2D eigenvalue weighted by Crippen LogP contribution is 2.29. The van der Waals surface area contributed by atoms with Gasteiger partial charge in [0.15, 0.2) is 0 Å². The van der Waals surface area contributed by atoms with E-state index in [-0.39, 0.29) is 5.92 Å². The Bertz CT molecular complexity index is 791. The molecule has 27 heavy (non-hydrogen) atoms. The van der Waals surface area contributed by atoms with Gasteiger partial charge in [0.1, 0.15) is 6.61 Å². The summed E-state index contributed by atoms with van der Waals surface area (Å²) in [6.45, 7) is 2.74. The minimum absolute atomic E-state index is 0.266. The fourth-order valence-corrected chi connectivity index (χ4v) is 3.61. The SMILES string of the molecule is O=C(O)C1CCCN(CCOC=C(c2ccccc2)c2ccccc2Cl)C1. The molecule has 1 N–H and O–H groups in total. The standard InChI is InChI=1S/C22H24ClNO3/c23-21-11-5-4-10-19(21)20(17-7-2-1-3-8-17)16-27-14-13-24-12-6-9-18(15-24)22(25)26/h1-5,7-8,10-11,16,18H,6,9,12-15H2,(H,25,26). The van der Waals surface area contributed by atoms with E-state index in [0.717, 1.165) is 36.1 Å². The van der Waals surface area contributed by atoms with Crippen molar-refractivity contribution in [3.63, 3.8) is 0 Å². The molecule has 1 atom stereocenters. The summed E-state index contributed by atoms with van der Waals surface area (Å²) in [5, 5.41) is 9.88. The molecule has 0 saturated carbocycles. The van der Waals surface area contributed by atoms with Crippen molar-refractivity contribution >= 4 is 23.1 Å². The Morgan fingerprint density at radius 1 is 1.19 bits per heavy atom. The van der Waals surface area contributed by atoms with Crippen molar-refractivity contribution in [3.05, 3.63) is 77.0 Å². The van der Waals surface area contributed by atoms with Gasteiger partial charge in [-0.15, -0.1) is 0 Å². The molecule has 1 saturated heterocycles. The number of hydrogen-bond acceptors (Lipinski definition) is 3. The highest BCUT2D eigenvalue weighted by atomic mass is 35.5. The van der Waals surface area contributed by atoms with E-state index in [1.807, 2.05) is 54.6 Å². The summed E-state index contributed by atoms with van der Waals surface area (Å²) in [6, 6.07) is 17.7. The Balaban J connectivity index is 1.66. The van der Waals surface area contributed by atoms with Crippen LogP contribution in [0.2, 0.25) is 5.02 Å². The molecule has 0 amide bonds. The van der Waals surface area contributed by atoms with Gasteiger partial charge >= 0.3 is 5.97 Å². The number of piperidine rings is 1. The molecule has 0 aliphatic carbocycles. The number of nitrogens with zero attached hydrogens (tertiary/aromatic N) is 1. The molecule has 5 heteroatoms. The van der Waals surface area contributed by atoms with Crippen molar-refractivity contribution in [3.8, 4) is 0 Å². The van der Waals surface area contributed by atoms with Crippen LogP contribution in [0.25, 0.3) is 5.57 Å². The lowest BCUT2D eigenvalue weighted by molar-refractivity contribution is -0.143. The van der Waals surface area contributed by atoms with Gasteiger partial charge in [-0.3, -0.25) is 9.69 Å². The highest BCUT2D eigenvalue weighted by Gasteiger charge is 2.24. The number of benzene rings is 2. The monoisotopic (exact) mass is 385 g/mol. The van der Waals surface area contributed by atoms with Gasteiger partial charge in [-0.05, 0) is 31.0 Å². The molecule has 4 nitrogen and oxygen atoms in total. The van der Waals surface area contributed by atoms with Gasteiger partial charge < -0.3 is 9.84 Å². The van der Waals surface area contributed by atoms with Gasteiger partial charge in [0.05, 0.1) is 12.2 Å². The molecule has 0 bridgehead atoms. The Labute approximate surface area is 165 Å². The third-order valence-corrected chi connectivity index (χ3v) is 5.16. The van der Waals surface area contributed by atoms with Crippen LogP contribution in [0, 0.1) is 5.92 Å². The molecule has 1 unspecified atom stereocenters. The second-order valence-electron chi connectivity index (χ2n) is 6.73. The topological polar surface area (TPSA) is 49.8 Å². The minimum Gasteiger partial charge on any atom is -0.499 e. The van der Waals surface area contributed by atoms with E-state index in [2.05, 4.69) is 4.90 Å². The predicted molar refractivity (Wildman–Crippen MR) is 108 cm³/mol. The Kier molecular flexibility index (Phi) is 6.91. The molecule has 2 aromatic rings. The van der Waals surface area contributed by atoms with Crippen LogP contribution in [0.4, 0.5) is 0 Å². The fraction of sp³-hybridized carbons (Fsp3) is 0.318. The van der Waals surface area contributed by atoms with E-state index >= 15 is 0 Å². The zero-order valence-corrected chi connectivity index (χ0v) is 15.9. The number of carboxylic acids is 1. The Hall–Kier alpha value is -2.30. The van der Waals surface area contributed by atoms with Crippen LogP contribution in [0.3, 0.4) is 0 Å². The minimum atomic E-state index is -0.703. The molecule has 142 valence electrons. The fourth-order valence-electron chi connectivity index (χ4n) is 3.37. The van der Waals surface area contributed by atoms with E-state index in [1.165, 1.54) is 0 Å². The normalized spacial score (nSPS) is 18.3. The first-order valence-corrected chi connectivity index (χ1v) is 9.60. The number of carboxylic acid groups (broad SMARTS) is 1. The van der Waals surface area contributed by atoms with Crippen molar-refractivity contribution in [2.24, 2.45) is 5.92 Å². The number of carbonyl (C=O) groups is 1. The van der Waals surface area contributed by atoms with Crippen LogP contribution in [0.15, 0.2) is 60.9 Å². The molecule has 0 aromatic heterocycles. The first kappa shape index (κ1) is 19.5. The van der Waals surface area contributed by atoms with Crippen LogP contribution in [0.5, 0.6) is 0 Å². The smallest absolute Gasteiger partial charge is 0.307 e. The average molecular weight is 386 g/mol. The summed E-state index contributed by atoms with van der Waals surface area (Å²) in [4.78, 5) is 13.3. The van der Waals surface area contributed by atoms with E-state index in [4.69, 9.17) is 16.3 Å². The number of hydrogen-bond donors (Lipinski definition) is 1. The van der Waals surface area contributed by atoms with E-state index in [9.17, 15) is 9.90 Å². The van der Waals surface area contributed by atoms with Crippen LogP contribution in [-0.2, 0) is 9.53 Å². The van der Waals surface area contributed by atoms with Crippen molar-refractivity contribution in [1.82, 2.24) is 4.90 Å². The molecule has 1 heterocycles. The number of ether oxygens (including phenoxy) is 1. The van der Waals surface area contributed by atoms with Crippen molar-refractivity contribution in [2.45, 2.75) is 12.8 Å². The summed E-state index contributed by atoms with van der Waals surface area (Å²) >= 11 is 6.39. The van der Waals surface area contributed by atoms with Gasteiger partial charge in [-0.25, -0.2) is 0 Å². The lowest BCUT2D eigenvalue weighted by Gasteiger charge is -2.30. The van der Waals surface area contributed by atoms with Crippen LogP contribution in [-0.4, -0.2) is 42.2 Å². The number of halogens is 1. The number of rotatable bonds is 7. The van der Waals surface area contributed by atoms with Crippen molar-refractivity contribution in [1.29, 1.82) is 0 Å². The molecule has 1 aliphatic heterocycles. The lowest BCUT2D eigenvalue weighted by Crippen LogP contribution is -2.40. The summed E-state index contributed by atoms with van der Waals surface area (Å²) in [5.41, 5.74) is 2.90. The van der Waals surface area contributed by atoms with Gasteiger partial charge in [-0.1, -0.05) is 60.1 Å². The van der Waals surface area contributed by atoms with Crippen molar-refractivity contribution < 1.29 is 14.6 Å². The van der Waals surface area contributed by atoms with Crippen LogP contribution >= 0.6 is 11.6 Å². The largest absolute Gasteiger partial charge is 0.499 e. The van der Waals surface area contributed by atoms with E-state index in [0.29, 0.717) is 24.7 Å². The molecular formula is C22H24ClNO3. The second kappa shape index (κ2) is 9.58. The molecule has 0 spiro atoms. The number of likely N-dealkylation sites (tertiary alicyclic amines) is 1. The van der Waals surface area contributed by atoms with Crippen LogP contribution < -0.4 is 0 Å². The number of aliphatic carboxylic acids is 1. The summed E-state index contributed by atoms with van der Waals surface area (Å²) < 4.78 is 5.85. The second-order valence-corrected chi connectivity index (χ2v) is 7.13. The summed E-state index contributed by atoms with van der Waals surface area (Å²) in [6.07, 6.45) is 3.44. The quantitative estimate of drug-likeness (QED) is 0.561. The molecular weight excluding hydrogens is 362 g/mol. The van der Waals surface area contributed by atoms with Gasteiger partial charge in [0.25, 0.3) is 0 Å². The van der Waals surface area contributed by atoms with Gasteiger partial charge in [0.2, 0.25) is 0 Å². The summed E-state index contributed by atoms with van der Waals surface area (Å²) in [5.74, 6) is -0.970. The first-order chi connectivity index (χ1) is 13.1. The van der Waals surface area contributed by atoms with E-state index < -0.39 is 5.97 Å². The maximum absolute atomic E-state index is 11.2. The third-order valence-electron chi connectivity index (χ3n) is 4.83. The lowest BCUT2D eigenvalue weighted by atomic mass is 9.98. The van der Waals surface area contributed by atoms with Gasteiger partial charge in [-0.2, -0.15) is 0 Å². The highest BCUT2D eigenvalue weighted by molar-refractivity contribution is 6.32. The molecule has 3 rings (SSSR count). The first-order valence-electron chi connectivity index (χ1n) is 9.22. The molecule has 2 aromatic carbocycles. The molecule has 0 radical (unpaired) electrons. The zero-order chi connectivity index (χ0) is 19.1. The Morgan fingerprint density at radius 2 is 1.93 bits per heavy atom. The maximum atomic E-state index is 11.2. The average Bonchev–Trinajstić information content (AvgIpc) is 2.70. The Morgan fingerprint density at radius 3 is 2.67 bits per heavy atom. The molecule has 1 fully saturated rings. The predicted octanol–water partition coefficient (Wildman–Crippen LogP) is 4.54. The zero-order valence-electron chi connectivity index (χ0n) is 15.2. The molecule has 1 aliphatic rings. The van der Waals surface area contributed by atoms with Crippen molar-refractivity contribution in [2.75, 3.05) is 26.2 Å². The van der Waals surface area contributed by atoms with Crippen LogP contribution in [0.1, 0.15) is 24.0 Å². The third kappa shape index (κ3) is 5.34. The van der Waals surface area contributed by atoms with E-state index in [1.54, 1.807) is 6.26 Å². The summed E-state index contributed by atoms with van der Waals surface area (Å²) in [7, 11) is 0. The van der Waals surface area contributed by atoms with Gasteiger partial charge in [0, 0.05) is 29.2 Å². The maximum Gasteiger partial charge on any atom is 0.307 e.